The maximum Gasteiger partial charge on any atom is 0.216 e. The van der Waals surface area contributed by atoms with E-state index >= 15 is 0 Å². The average Bonchev–Trinajstić information content (AvgIpc) is 2.98. The predicted molar refractivity (Wildman–Crippen MR) is 105 cm³/mol. The smallest absolute Gasteiger partial charge is 0.216 e. The Labute approximate surface area is 161 Å². The van der Waals surface area contributed by atoms with E-state index in [9.17, 15) is 5.11 Å². The van der Waals surface area contributed by atoms with Crippen LogP contribution in [-0.4, -0.2) is 33.3 Å². The van der Waals surface area contributed by atoms with Gasteiger partial charge in [-0.05, 0) is 67.5 Å². The van der Waals surface area contributed by atoms with E-state index in [1.165, 1.54) is 10.9 Å². The Kier molecular flexibility index (Phi) is 5.56. The first kappa shape index (κ1) is 18.7. The van der Waals surface area contributed by atoms with Crippen molar-refractivity contribution in [3.8, 4) is 17.2 Å². The van der Waals surface area contributed by atoms with Crippen molar-refractivity contribution in [2.75, 3.05) is 7.11 Å². The van der Waals surface area contributed by atoms with Gasteiger partial charge in [0.1, 0.15) is 23.9 Å². The molecule has 0 saturated carbocycles. The van der Waals surface area contributed by atoms with Crippen molar-refractivity contribution < 1.29 is 14.6 Å². The molecule has 0 atom stereocenters. The zero-order chi connectivity index (χ0) is 19.4. The number of nitrogens with one attached hydrogen (secondary N) is 1. The zero-order valence-electron chi connectivity index (χ0n) is 15.3. The first-order valence-corrected chi connectivity index (χ1v) is 8.66. The molecule has 3 rings (SSSR count). The second kappa shape index (κ2) is 8.05. The van der Waals surface area contributed by atoms with Crippen LogP contribution in [0.1, 0.15) is 22.5 Å². The molecule has 2 aromatic carbocycles. The van der Waals surface area contributed by atoms with Crippen LogP contribution in [0, 0.1) is 18.6 Å². The van der Waals surface area contributed by atoms with Crippen molar-refractivity contribution in [1.82, 2.24) is 14.9 Å². The quantitative estimate of drug-likeness (QED) is 0.500. The summed E-state index contributed by atoms with van der Waals surface area (Å²) in [5.41, 5.74) is 2.74. The van der Waals surface area contributed by atoms with Crippen molar-refractivity contribution in [2.24, 2.45) is 5.10 Å². The average molecular weight is 384 g/mol. The van der Waals surface area contributed by atoms with Crippen LogP contribution in [0.4, 0.5) is 0 Å². The molecule has 0 radical (unpaired) electrons. The van der Waals surface area contributed by atoms with Gasteiger partial charge in [-0.3, -0.25) is 0 Å². The highest BCUT2D eigenvalue weighted by Gasteiger charge is 2.08. The van der Waals surface area contributed by atoms with Gasteiger partial charge in [0.15, 0.2) is 5.82 Å². The van der Waals surface area contributed by atoms with Gasteiger partial charge in [-0.2, -0.15) is 14.9 Å². The number of hydrogen-bond donors (Lipinski definition) is 2. The molecule has 0 saturated heterocycles. The second-order valence-electron chi connectivity index (χ2n) is 6.04. The Hall–Kier alpha value is -3.13. The first-order valence-electron chi connectivity index (χ1n) is 8.25. The van der Waals surface area contributed by atoms with E-state index in [2.05, 4.69) is 21.4 Å². The third kappa shape index (κ3) is 4.53. The van der Waals surface area contributed by atoms with Gasteiger partial charge in [-0.15, -0.1) is 0 Å². The van der Waals surface area contributed by atoms with Crippen molar-refractivity contribution in [3.05, 3.63) is 63.7 Å². The number of nitrogens with zero attached hydrogens (tertiary/aromatic N) is 3. The van der Waals surface area contributed by atoms with Gasteiger partial charge in [0.2, 0.25) is 4.77 Å². The van der Waals surface area contributed by atoms with Gasteiger partial charge in [0.05, 0.1) is 13.3 Å². The Morgan fingerprint density at radius 3 is 2.63 bits per heavy atom. The Morgan fingerprint density at radius 2 is 1.93 bits per heavy atom. The number of aromatic hydroxyl groups is 1. The number of benzene rings is 2. The summed E-state index contributed by atoms with van der Waals surface area (Å²) < 4.78 is 12.8. The summed E-state index contributed by atoms with van der Waals surface area (Å²) in [6, 6.07) is 10.9. The predicted octanol–water partition coefficient (Wildman–Crippen LogP) is 3.73. The minimum absolute atomic E-state index is 0.0857. The Balaban J connectivity index is 1.81. The third-order valence-corrected chi connectivity index (χ3v) is 4.09. The van der Waals surface area contributed by atoms with Gasteiger partial charge in [0.25, 0.3) is 0 Å². The highest BCUT2D eigenvalue weighted by Crippen LogP contribution is 2.21. The van der Waals surface area contributed by atoms with E-state index in [0.717, 1.165) is 16.9 Å². The minimum Gasteiger partial charge on any atom is -0.507 e. The Bertz CT molecular complexity index is 1020. The summed E-state index contributed by atoms with van der Waals surface area (Å²) in [5, 5.41) is 21.2. The number of phenolic OH excluding ortho intramolecular Hbond substituents is 1. The molecule has 0 aliphatic rings. The van der Waals surface area contributed by atoms with Gasteiger partial charge >= 0.3 is 0 Å². The SMILES string of the molecule is COc1ccc(O)c(/C=N/n2c(COc3cc(C)cc(C)c3)n[nH]c2=S)c1. The molecule has 7 nitrogen and oxygen atoms in total. The van der Waals surface area contributed by atoms with Crippen LogP contribution in [0.2, 0.25) is 0 Å². The molecular weight excluding hydrogens is 364 g/mol. The lowest BCUT2D eigenvalue weighted by atomic mass is 10.1. The van der Waals surface area contributed by atoms with Crippen molar-refractivity contribution in [2.45, 2.75) is 20.5 Å². The highest BCUT2D eigenvalue weighted by atomic mass is 32.1. The third-order valence-electron chi connectivity index (χ3n) is 3.83. The number of rotatable bonds is 6. The maximum atomic E-state index is 9.97. The second-order valence-corrected chi connectivity index (χ2v) is 6.42. The van der Waals surface area contributed by atoms with Crippen LogP contribution in [0.3, 0.4) is 0 Å². The summed E-state index contributed by atoms with van der Waals surface area (Å²) >= 11 is 5.23. The molecule has 1 aromatic heterocycles. The summed E-state index contributed by atoms with van der Waals surface area (Å²) in [6.45, 7) is 4.22. The first-order chi connectivity index (χ1) is 13.0. The number of aromatic nitrogens is 3. The molecule has 140 valence electrons. The number of methoxy groups -OCH3 is 1. The Morgan fingerprint density at radius 1 is 1.19 bits per heavy atom. The van der Waals surface area contributed by atoms with Gasteiger partial charge < -0.3 is 14.6 Å². The molecule has 0 aliphatic heterocycles. The molecule has 0 fully saturated rings. The van der Waals surface area contributed by atoms with Crippen LogP contribution in [-0.2, 0) is 6.61 Å². The topological polar surface area (TPSA) is 84.7 Å². The normalized spacial score (nSPS) is 11.1. The number of H-pyrrole nitrogens is 1. The molecule has 1 heterocycles. The number of phenols is 1. The van der Waals surface area contributed by atoms with E-state index in [-0.39, 0.29) is 12.4 Å². The fourth-order valence-electron chi connectivity index (χ4n) is 2.58. The summed E-state index contributed by atoms with van der Waals surface area (Å²) in [4.78, 5) is 0. The van der Waals surface area contributed by atoms with Gasteiger partial charge in [-0.1, -0.05) is 6.07 Å². The van der Waals surface area contributed by atoms with Gasteiger partial charge in [-0.25, -0.2) is 5.10 Å². The molecule has 0 unspecified atom stereocenters. The molecule has 0 amide bonds. The number of ether oxygens (including phenoxy) is 2. The fourth-order valence-corrected chi connectivity index (χ4v) is 2.78. The number of aromatic amines is 1. The molecular formula is C19H20N4O3S. The molecule has 0 bridgehead atoms. The molecule has 0 aliphatic carbocycles. The van der Waals surface area contributed by atoms with E-state index in [1.807, 2.05) is 26.0 Å². The molecule has 27 heavy (non-hydrogen) atoms. The molecule has 8 heteroatoms. The molecule has 3 aromatic rings. The van der Waals surface area contributed by atoms with E-state index < -0.39 is 0 Å². The van der Waals surface area contributed by atoms with Crippen LogP contribution in [0.5, 0.6) is 17.2 Å². The lowest BCUT2D eigenvalue weighted by molar-refractivity contribution is 0.290. The standard InChI is InChI=1S/C19H20N4O3S/c1-12-6-13(2)8-16(7-12)26-11-18-21-22-19(27)23(18)20-10-14-9-15(25-3)4-5-17(14)24/h4-10,24H,11H2,1-3H3,(H,22,27)/b20-10+. The summed E-state index contributed by atoms with van der Waals surface area (Å²) in [7, 11) is 1.56. The van der Waals surface area contributed by atoms with E-state index in [4.69, 9.17) is 21.7 Å². The summed E-state index contributed by atoms with van der Waals surface area (Å²) in [6.07, 6.45) is 1.49. The highest BCUT2D eigenvalue weighted by molar-refractivity contribution is 7.71. The monoisotopic (exact) mass is 384 g/mol. The van der Waals surface area contributed by atoms with E-state index in [1.54, 1.807) is 25.3 Å². The zero-order valence-corrected chi connectivity index (χ0v) is 16.1. The van der Waals surface area contributed by atoms with Gasteiger partial charge in [0, 0.05) is 5.56 Å². The van der Waals surface area contributed by atoms with E-state index in [0.29, 0.717) is 21.9 Å². The number of hydrogen-bond acceptors (Lipinski definition) is 6. The summed E-state index contributed by atoms with van der Waals surface area (Å²) in [5.74, 6) is 1.96. The minimum atomic E-state index is 0.0857. The number of aryl methyl sites for hydroxylation is 2. The van der Waals surface area contributed by atoms with Crippen LogP contribution >= 0.6 is 12.2 Å². The van der Waals surface area contributed by atoms with Crippen molar-refractivity contribution in [1.29, 1.82) is 0 Å². The molecule has 0 spiro atoms. The van der Waals surface area contributed by atoms with Crippen LogP contribution < -0.4 is 9.47 Å². The van der Waals surface area contributed by atoms with Crippen molar-refractivity contribution >= 4 is 18.4 Å². The van der Waals surface area contributed by atoms with Crippen LogP contribution in [0.25, 0.3) is 0 Å². The maximum absolute atomic E-state index is 9.97. The largest absolute Gasteiger partial charge is 0.507 e. The lowest BCUT2D eigenvalue weighted by Gasteiger charge is -2.08. The molecule has 2 N–H and O–H groups in total. The van der Waals surface area contributed by atoms with Crippen molar-refractivity contribution in [3.63, 3.8) is 0 Å². The van der Waals surface area contributed by atoms with Crippen LogP contribution in [0.15, 0.2) is 41.5 Å². The fraction of sp³-hybridized carbons (Fsp3) is 0.211. The lowest BCUT2D eigenvalue weighted by Crippen LogP contribution is -2.04.